The molecule has 1 aliphatic rings. The first-order valence-electron chi connectivity index (χ1n) is 16.0. The zero-order valence-corrected chi connectivity index (χ0v) is 28.1. The number of aromatic nitrogens is 3. The second kappa shape index (κ2) is 14.1. The Morgan fingerprint density at radius 2 is 1.46 bits per heavy atom. The van der Waals surface area contributed by atoms with Crippen molar-refractivity contribution in [2.24, 2.45) is 11.3 Å². The third-order valence-corrected chi connectivity index (χ3v) is 7.98. The maximum atomic E-state index is 14.0. The van der Waals surface area contributed by atoms with Crippen molar-refractivity contribution in [3.05, 3.63) is 63.9 Å². The molecule has 2 aromatic carbocycles. The highest BCUT2D eigenvalue weighted by Gasteiger charge is 2.52. The quantitative estimate of drug-likeness (QED) is 0.124. The third-order valence-electron chi connectivity index (χ3n) is 7.98. The lowest BCUT2D eigenvalue weighted by molar-refractivity contribution is -0.186. The van der Waals surface area contributed by atoms with Crippen molar-refractivity contribution < 1.29 is 41.8 Å². The van der Waals surface area contributed by atoms with Crippen molar-refractivity contribution in [1.82, 2.24) is 15.0 Å². The molecule has 10 nitrogen and oxygen atoms in total. The van der Waals surface area contributed by atoms with Crippen LogP contribution in [-0.4, -0.2) is 50.5 Å². The van der Waals surface area contributed by atoms with Crippen molar-refractivity contribution in [3.8, 4) is 5.75 Å². The van der Waals surface area contributed by atoms with E-state index in [1.807, 2.05) is 0 Å². The number of fused-ring (bicyclic) bond motifs is 1. The molecule has 0 amide bonds. The van der Waals surface area contributed by atoms with Gasteiger partial charge in [-0.2, -0.15) is 13.2 Å². The number of carbonyl (C=O) groups excluding carboxylic acids is 3. The van der Waals surface area contributed by atoms with E-state index in [-0.39, 0.29) is 16.5 Å². The topological polar surface area (TPSA) is 127 Å². The Balaban J connectivity index is 1.68. The molecule has 0 spiro atoms. The lowest BCUT2D eigenvalue weighted by atomic mass is 9.78. The first kappa shape index (κ1) is 36.5. The van der Waals surface area contributed by atoms with Gasteiger partial charge in [0.15, 0.2) is 11.2 Å². The number of esters is 2. The third kappa shape index (κ3) is 9.19. The molecule has 260 valence electrons. The van der Waals surface area contributed by atoms with Crippen molar-refractivity contribution in [1.29, 1.82) is 0 Å². The Hall–Kier alpha value is -4.29. The van der Waals surface area contributed by atoms with E-state index >= 15 is 0 Å². The predicted molar refractivity (Wildman–Crippen MR) is 170 cm³/mol. The van der Waals surface area contributed by atoms with Gasteiger partial charge in [-0.15, -0.1) is 5.10 Å². The largest absolute Gasteiger partial charge is 0.493 e. The Morgan fingerprint density at radius 1 is 0.875 bits per heavy atom. The number of ketones is 1. The summed E-state index contributed by atoms with van der Waals surface area (Å²) in [6, 6.07) is 8.87. The lowest BCUT2D eigenvalue weighted by Gasteiger charge is -2.34. The highest BCUT2D eigenvalue weighted by Crippen LogP contribution is 2.37. The molecule has 0 saturated heterocycles. The first-order valence-corrected chi connectivity index (χ1v) is 16.0. The number of rotatable bonds is 11. The number of ether oxygens (including phenoxy) is 3. The summed E-state index contributed by atoms with van der Waals surface area (Å²) < 4.78 is 57.7. The molecular weight excluding hydrogens is 631 g/mol. The number of benzene rings is 2. The summed E-state index contributed by atoms with van der Waals surface area (Å²) in [5, 5.41) is 7.41. The average molecular weight is 674 g/mol. The minimum absolute atomic E-state index is 0.149. The molecule has 13 heteroatoms. The normalized spacial score (nSPS) is 14.6. The molecule has 0 bridgehead atoms. The summed E-state index contributed by atoms with van der Waals surface area (Å²) in [7, 11) is 0. The van der Waals surface area contributed by atoms with Gasteiger partial charge in [0, 0.05) is 18.5 Å². The van der Waals surface area contributed by atoms with Gasteiger partial charge in [-0.25, -0.2) is 4.68 Å². The van der Waals surface area contributed by atoms with Gasteiger partial charge in [0.05, 0.1) is 17.6 Å². The van der Waals surface area contributed by atoms with Gasteiger partial charge in [0.1, 0.15) is 22.5 Å². The summed E-state index contributed by atoms with van der Waals surface area (Å²) in [4.78, 5) is 55.0. The lowest BCUT2D eigenvalue weighted by Crippen LogP contribution is -2.49. The van der Waals surface area contributed by atoms with Crippen LogP contribution in [0.4, 0.5) is 13.2 Å². The monoisotopic (exact) mass is 673 g/mol. The number of carbonyl (C=O) groups is 3. The van der Waals surface area contributed by atoms with Crippen LogP contribution in [-0.2, 0) is 31.8 Å². The number of aryl methyl sites for hydroxylation is 1. The Labute approximate surface area is 276 Å². The highest BCUT2D eigenvalue weighted by atomic mass is 19.4. The van der Waals surface area contributed by atoms with Crippen LogP contribution in [0.25, 0.3) is 10.9 Å². The molecule has 4 rings (SSSR count). The molecule has 48 heavy (non-hydrogen) atoms. The molecule has 0 atom stereocenters. The molecule has 0 N–H and O–H groups in total. The van der Waals surface area contributed by atoms with Crippen LogP contribution < -0.4 is 10.3 Å². The van der Waals surface area contributed by atoms with Crippen LogP contribution in [0, 0.1) is 11.3 Å². The fourth-order valence-electron chi connectivity index (χ4n) is 5.47. The van der Waals surface area contributed by atoms with Gasteiger partial charge < -0.3 is 14.2 Å². The molecule has 3 aromatic rings. The number of nitrogens with zero attached hydrogens (tertiary/aromatic N) is 3. The zero-order chi connectivity index (χ0) is 35.5. The fourth-order valence-corrected chi connectivity index (χ4v) is 5.47. The van der Waals surface area contributed by atoms with Crippen LogP contribution >= 0.6 is 0 Å². The maximum absolute atomic E-state index is 14.0. The van der Waals surface area contributed by atoms with E-state index in [1.54, 1.807) is 65.8 Å². The van der Waals surface area contributed by atoms with Gasteiger partial charge in [-0.05, 0) is 109 Å². The van der Waals surface area contributed by atoms with Crippen molar-refractivity contribution in [3.63, 3.8) is 0 Å². The van der Waals surface area contributed by atoms with Crippen LogP contribution in [0.15, 0.2) is 47.3 Å². The second-order valence-electron chi connectivity index (χ2n) is 14.3. The molecular formula is C35H42F3N3O7. The summed E-state index contributed by atoms with van der Waals surface area (Å²) in [6.45, 7) is 9.78. The Kier molecular flexibility index (Phi) is 10.7. The van der Waals surface area contributed by atoms with Gasteiger partial charge in [-0.1, -0.05) is 18.1 Å². The molecule has 0 radical (unpaired) electrons. The van der Waals surface area contributed by atoms with Gasteiger partial charge >= 0.3 is 18.1 Å². The van der Waals surface area contributed by atoms with E-state index in [1.165, 1.54) is 12.8 Å². The summed E-state index contributed by atoms with van der Waals surface area (Å²) in [5.41, 5.74) is -6.22. The van der Waals surface area contributed by atoms with E-state index in [2.05, 4.69) is 10.3 Å². The summed E-state index contributed by atoms with van der Waals surface area (Å²) >= 11 is 0. The van der Waals surface area contributed by atoms with Gasteiger partial charge in [-0.3, -0.25) is 19.2 Å². The smallest absolute Gasteiger partial charge is 0.416 e. The van der Waals surface area contributed by atoms with Crippen LogP contribution in [0.3, 0.4) is 0 Å². The average Bonchev–Trinajstić information content (AvgIpc) is 3.50. The van der Waals surface area contributed by atoms with Gasteiger partial charge in [0.25, 0.3) is 5.56 Å². The Bertz CT molecular complexity index is 1670. The van der Waals surface area contributed by atoms with E-state index in [4.69, 9.17) is 14.2 Å². The molecule has 0 aliphatic heterocycles. The first-order chi connectivity index (χ1) is 22.3. The predicted octanol–water partition coefficient (Wildman–Crippen LogP) is 6.71. The number of alkyl halides is 3. The number of halogens is 3. The zero-order valence-electron chi connectivity index (χ0n) is 28.1. The van der Waals surface area contributed by atoms with E-state index in [0.717, 1.165) is 29.7 Å². The Morgan fingerprint density at radius 3 is 2.00 bits per heavy atom. The van der Waals surface area contributed by atoms with Crippen molar-refractivity contribution >= 4 is 28.6 Å². The molecule has 1 fully saturated rings. The van der Waals surface area contributed by atoms with Crippen LogP contribution in [0.5, 0.6) is 5.75 Å². The van der Waals surface area contributed by atoms with Crippen molar-refractivity contribution in [2.75, 3.05) is 6.61 Å². The number of Topliss-reactive ketones (excluding diaryl/α,β-unsaturated/α-hetero) is 1. The SMILES string of the molecule is CC(C)(C)OC(=O)C(CCn1nnc2cc(C(F)(F)F)ccc2c1=O)(CC(=O)c1ccc(OCC2CCCC2)cc1)C(=O)OC(C)(C)C. The van der Waals surface area contributed by atoms with E-state index < -0.39 is 71.0 Å². The van der Waals surface area contributed by atoms with E-state index in [0.29, 0.717) is 24.3 Å². The second-order valence-corrected chi connectivity index (χ2v) is 14.3. The number of hydrogen-bond acceptors (Lipinski definition) is 9. The highest BCUT2D eigenvalue weighted by molar-refractivity contribution is 6.07. The van der Waals surface area contributed by atoms with E-state index in [9.17, 15) is 32.3 Å². The molecule has 0 unspecified atom stereocenters. The molecule has 1 aliphatic carbocycles. The van der Waals surface area contributed by atoms with Gasteiger partial charge in [0.2, 0.25) is 0 Å². The van der Waals surface area contributed by atoms with Crippen LogP contribution in [0.2, 0.25) is 0 Å². The van der Waals surface area contributed by atoms with Crippen LogP contribution in [0.1, 0.15) is 96.0 Å². The fraction of sp³-hybridized carbons (Fsp3) is 0.543. The molecule has 1 heterocycles. The standard InChI is InChI=1S/C35H42F3N3O7/c1-32(2,3)47-30(44)34(31(45)48-33(4,5)6,20-28(42)23-11-14-25(15-12-23)46-21-22-9-7-8-10-22)17-18-41-29(43)26-16-13-24(35(36,37)38)19-27(26)39-40-41/h11-16,19,22H,7-10,17-18,20-21H2,1-6H3. The minimum atomic E-state index is -4.65. The summed E-state index contributed by atoms with van der Waals surface area (Å²) in [6.07, 6.45) is -1.18. The molecule has 1 saturated carbocycles. The maximum Gasteiger partial charge on any atom is 0.416 e. The summed E-state index contributed by atoms with van der Waals surface area (Å²) in [5.74, 6) is -1.56. The van der Waals surface area contributed by atoms with Crippen molar-refractivity contribution in [2.45, 2.75) is 104 Å². The minimum Gasteiger partial charge on any atom is -0.493 e. The number of hydrogen-bond donors (Lipinski definition) is 0. The molecule has 1 aromatic heterocycles.